The Kier molecular flexibility index (Phi) is 3.93. The first kappa shape index (κ1) is 13.4. The van der Waals surface area contributed by atoms with Crippen LogP contribution in [0.2, 0.25) is 5.02 Å². The molecule has 0 bridgehead atoms. The summed E-state index contributed by atoms with van der Waals surface area (Å²) in [5.74, 6) is 0.898. The van der Waals surface area contributed by atoms with Crippen molar-refractivity contribution >= 4 is 34.7 Å². The first-order valence-electron chi connectivity index (χ1n) is 6.59. The summed E-state index contributed by atoms with van der Waals surface area (Å²) in [5, 5.41) is 2.89. The van der Waals surface area contributed by atoms with Crippen molar-refractivity contribution in [3.63, 3.8) is 0 Å². The molecule has 2 nitrogen and oxygen atoms in total. The Labute approximate surface area is 128 Å². The minimum atomic E-state index is 0.575. The summed E-state index contributed by atoms with van der Waals surface area (Å²) in [5.41, 5.74) is 3.80. The van der Waals surface area contributed by atoms with E-state index < -0.39 is 0 Å². The Balaban J connectivity index is 1.85. The number of halogens is 1. The average molecular weight is 301 g/mol. The molecule has 1 saturated carbocycles. The summed E-state index contributed by atoms with van der Waals surface area (Å²) < 4.78 is 0. The van der Waals surface area contributed by atoms with E-state index in [1.54, 1.807) is 12.3 Å². The number of nitrogens with zero attached hydrogens (tertiary/aromatic N) is 2. The molecule has 0 unspecified atom stereocenters. The molecule has 0 saturated heterocycles. The fraction of sp³-hybridized carbons (Fsp3) is 0.250. The lowest BCUT2D eigenvalue weighted by Gasteiger charge is -2.06. The molecule has 2 aromatic rings. The highest BCUT2D eigenvalue weighted by molar-refractivity contribution is 7.78. The predicted molar refractivity (Wildman–Crippen MR) is 85.8 cm³/mol. The van der Waals surface area contributed by atoms with Gasteiger partial charge in [-0.25, -0.2) is 0 Å². The van der Waals surface area contributed by atoms with Gasteiger partial charge in [0.25, 0.3) is 0 Å². The number of thiocarbonyl (C=S) groups is 1. The van der Waals surface area contributed by atoms with Gasteiger partial charge in [-0.3, -0.25) is 4.98 Å². The van der Waals surface area contributed by atoms with E-state index >= 15 is 0 Å². The molecule has 4 heteroatoms. The Morgan fingerprint density at radius 1 is 1.30 bits per heavy atom. The molecule has 1 aromatic carbocycles. The molecular weight excluding hydrogens is 288 g/mol. The van der Waals surface area contributed by atoms with Crippen molar-refractivity contribution in [2.24, 2.45) is 10.9 Å². The Bertz CT molecular complexity index is 671. The van der Waals surface area contributed by atoms with Crippen LogP contribution in [0.25, 0.3) is 11.3 Å². The molecule has 0 amide bonds. The van der Waals surface area contributed by atoms with Gasteiger partial charge in [-0.05, 0) is 49.0 Å². The van der Waals surface area contributed by atoms with Crippen molar-refractivity contribution in [1.82, 2.24) is 4.98 Å². The molecule has 1 aliphatic rings. The van der Waals surface area contributed by atoms with Gasteiger partial charge in [-0.15, -0.1) is 0 Å². The molecule has 0 N–H and O–H groups in total. The van der Waals surface area contributed by atoms with Gasteiger partial charge in [0.15, 0.2) is 0 Å². The number of aromatic nitrogens is 1. The number of hydrogen-bond acceptors (Lipinski definition) is 3. The molecule has 3 rings (SSSR count). The van der Waals surface area contributed by atoms with Crippen LogP contribution in [0.5, 0.6) is 0 Å². The van der Waals surface area contributed by atoms with E-state index in [0.29, 0.717) is 10.7 Å². The van der Waals surface area contributed by atoms with Crippen molar-refractivity contribution in [3.05, 3.63) is 47.1 Å². The third kappa shape index (κ3) is 3.13. The summed E-state index contributed by atoms with van der Waals surface area (Å²) in [6.45, 7) is 0. The number of pyridine rings is 1. The molecule has 20 heavy (non-hydrogen) atoms. The van der Waals surface area contributed by atoms with Crippen LogP contribution in [-0.2, 0) is 6.42 Å². The summed E-state index contributed by atoms with van der Waals surface area (Å²) >= 11 is 10.8. The number of aliphatic imine (C=N–C) groups is 1. The fourth-order valence-corrected chi connectivity index (χ4v) is 2.58. The Morgan fingerprint density at radius 2 is 2.05 bits per heavy atom. The van der Waals surface area contributed by atoms with E-state index in [2.05, 4.69) is 51.6 Å². The van der Waals surface area contributed by atoms with Crippen molar-refractivity contribution in [2.45, 2.75) is 19.3 Å². The monoisotopic (exact) mass is 300 g/mol. The predicted octanol–water partition coefficient (Wildman–Crippen LogP) is 5.09. The van der Waals surface area contributed by atoms with Crippen LogP contribution in [0.1, 0.15) is 18.4 Å². The topological polar surface area (TPSA) is 25.2 Å². The minimum Gasteiger partial charge on any atom is -0.252 e. The fourth-order valence-electron chi connectivity index (χ4n) is 2.21. The molecule has 0 spiro atoms. The van der Waals surface area contributed by atoms with Gasteiger partial charge in [0.2, 0.25) is 0 Å². The summed E-state index contributed by atoms with van der Waals surface area (Å²) in [6.07, 6.45) is 5.58. The molecule has 0 aliphatic heterocycles. The lowest BCUT2D eigenvalue weighted by Crippen LogP contribution is -1.89. The first-order chi connectivity index (χ1) is 9.76. The van der Waals surface area contributed by atoms with Crippen molar-refractivity contribution in [2.75, 3.05) is 0 Å². The number of isothiocyanates is 1. The zero-order valence-electron chi connectivity index (χ0n) is 10.8. The van der Waals surface area contributed by atoms with E-state index in [1.807, 2.05) is 0 Å². The molecular formula is C16H13ClN2S. The third-order valence-electron chi connectivity index (χ3n) is 3.45. The SMILES string of the molecule is S=C=Nc1cnc(-c2ccc(CC3CC3)cc2)c(Cl)c1. The average Bonchev–Trinajstić information content (AvgIpc) is 3.25. The van der Waals surface area contributed by atoms with Gasteiger partial charge in [0.1, 0.15) is 0 Å². The van der Waals surface area contributed by atoms with E-state index in [0.717, 1.165) is 17.2 Å². The van der Waals surface area contributed by atoms with Crippen LogP contribution in [0, 0.1) is 5.92 Å². The molecule has 1 aromatic heterocycles. The smallest absolute Gasteiger partial charge is 0.0937 e. The summed E-state index contributed by atoms with van der Waals surface area (Å²) in [4.78, 5) is 8.23. The van der Waals surface area contributed by atoms with Gasteiger partial charge in [0.05, 0.1) is 27.8 Å². The van der Waals surface area contributed by atoms with Gasteiger partial charge >= 0.3 is 0 Å². The number of rotatable bonds is 4. The standard InChI is InChI=1S/C16H13ClN2S/c17-15-8-14(19-10-20)9-18-16(15)13-5-3-12(4-6-13)7-11-1-2-11/h3-6,8-9,11H,1-2,7H2. The quantitative estimate of drug-likeness (QED) is 0.580. The zero-order valence-corrected chi connectivity index (χ0v) is 12.4. The van der Waals surface area contributed by atoms with E-state index in [4.69, 9.17) is 11.6 Å². The normalized spacial score (nSPS) is 13.8. The maximum atomic E-state index is 6.25. The van der Waals surface area contributed by atoms with Gasteiger partial charge < -0.3 is 0 Å². The lowest BCUT2D eigenvalue weighted by molar-refractivity contribution is 0.832. The summed E-state index contributed by atoms with van der Waals surface area (Å²) in [7, 11) is 0. The van der Waals surface area contributed by atoms with Crippen LogP contribution in [0.15, 0.2) is 41.5 Å². The first-order valence-corrected chi connectivity index (χ1v) is 7.37. The minimum absolute atomic E-state index is 0.575. The lowest BCUT2D eigenvalue weighted by atomic mass is 10.0. The molecule has 0 radical (unpaired) electrons. The van der Waals surface area contributed by atoms with Crippen molar-refractivity contribution < 1.29 is 0 Å². The Hall–Kier alpha value is -1.54. The molecule has 1 aliphatic carbocycles. The van der Waals surface area contributed by atoms with Gasteiger partial charge in [-0.1, -0.05) is 35.9 Å². The Morgan fingerprint density at radius 3 is 2.65 bits per heavy atom. The van der Waals surface area contributed by atoms with Crippen LogP contribution in [0.4, 0.5) is 5.69 Å². The highest BCUT2D eigenvalue weighted by atomic mass is 35.5. The molecule has 0 atom stereocenters. The van der Waals surface area contributed by atoms with Crippen molar-refractivity contribution in [1.29, 1.82) is 0 Å². The van der Waals surface area contributed by atoms with E-state index in [-0.39, 0.29) is 0 Å². The highest BCUT2D eigenvalue weighted by Crippen LogP contribution is 2.33. The molecule has 100 valence electrons. The third-order valence-corrected chi connectivity index (χ3v) is 3.83. The maximum Gasteiger partial charge on any atom is 0.0937 e. The largest absolute Gasteiger partial charge is 0.252 e. The van der Waals surface area contributed by atoms with Gasteiger partial charge in [0, 0.05) is 5.56 Å². The van der Waals surface area contributed by atoms with Crippen LogP contribution >= 0.6 is 23.8 Å². The van der Waals surface area contributed by atoms with Crippen molar-refractivity contribution in [3.8, 4) is 11.3 Å². The number of benzene rings is 1. The summed E-state index contributed by atoms with van der Waals surface area (Å²) in [6, 6.07) is 10.2. The maximum absolute atomic E-state index is 6.25. The second kappa shape index (κ2) is 5.84. The second-order valence-corrected chi connectivity index (χ2v) is 5.66. The van der Waals surface area contributed by atoms with Crippen LogP contribution < -0.4 is 0 Å². The van der Waals surface area contributed by atoms with E-state index in [9.17, 15) is 0 Å². The van der Waals surface area contributed by atoms with Gasteiger partial charge in [-0.2, -0.15) is 4.99 Å². The van der Waals surface area contributed by atoms with Crippen LogP contribution in [-0.4, -0.2) is 10.1 Å². The molecule has 1 fully saturated rings. The second-order valence-electron chi connectivity index (χ2n) is 5.07. The van der Waals surface area contributed by atoms with E-state index in [1.165, 1.54) is 24.8 Å². The van der Waals surface area contributed by atoms with Crippen LogP contribution in [0.3, 0.4) is 0 Å². The number of hydrogen-bond donors (Lipinski definition) is 0. The zero-order chi connectivity index (χ0) is 13.9. The molecule has 1 heterocycles. The highest BCUT2D eigenvalue weighted by Gasteiger charge is 2.21.